The molecule has 0 heterocycles. The van der Waals surface area contributed by atoms with E-state index in [1.165, 1.54) is 0 Å². The number of benzene rings is 3. The highest BCUT2D eigenvalue weighted by atomic mass is 79.9. The molecule has 0 saturated carbocycles. The first-order chi connectivity index (χ1) is 13.0. The Labute approximate surface area is 168 Å². The summed E-state index contributed by atoms with van der Waals surface area (Å²) in [6.07, 6.45) is 4.04. The van der Waals surface area contributed by atoms with Gasteiger partial charge in [-0.25, -0.2) is 13.1 Å². The van der Waals surface area contributed by atoms with Gasteiger partial charge < -0.3 is 5.32 Å². The van der Waals surface area contributed by atoms with Crippen molar-refractivity contribution in [2.24, 2.45) is 0 Å². The molecule has 3 rings (SSSR count). The fraction of sp³-hybridized carbons (Fsp3) is 0.143. The summed E-state index contributed by atoms with van der Waals surface area (Å²) in [5.41, 5.74) is 1.12. The van der Waals surface area contributed by atoms with Gasteiger partial charge in [-0.2, -0.15) is 0 Å². The number of rotatable bonds is 8. The Balaban J connectivity index is 1.45. The summed E-state index contributed by atoms with van der Waals surface area (Å²) in [5.74, 6) is 0. The first kappa shape index (κ1) is 19.8. The van der Waals surface area contributed by atoms with E-state index in [9.17, 15) is 8.42 Å². The lowest BCUT2D eigenvalue weighted by molar-refractivity contribution is 0.578. The molecule has 0 radical (unpaired) electrons. The fourth-order valence-electron chi connectivity index (χ4n) is 2.65. The molecule has 0 bridgehead atoms. The van der Waals surface area contributed by atoms with Gasteiger partial charge in [0.2, 0.25) is 10.0 Å². The Hall–Kier alpha value is -1.99. The monoisotopic (exact) mass is 444 g/mol. The maximum absolute atomic E-state index is 12.4. The molecule has 140 valence electrons. The van der Waals surface area contributed by atoms with Crippen molar-refractivity contribution in [1.82, 2.24) is 10.0 Å². The molecule has 0 amide bonds. The van der Waals surface area contributed by atoms with Crippen molar-refractivity contribution in [3.63, 3.8) is 0 Å². The van der Waals surface area contributed by atoms with Crippen LogP contribution in [-0.4, -0.2) is 28.1 Å². The van der Waals surface area contributed by atoms with Crippen LogP contribution in [0.5, 0.6) is 0 Å². The van der Waals surface area contributed by atoms with E-state index in [2.05, 4.69) is 26.0 Å². The second-order valence-electron chi connectivity index (χ2n) is 6.06. The molecule has 0 spiro atoms. The fourth-order valence-corrected chi connectivity index (χ4v) is 3.98. The van der Waals surface area contributed by atoms with Gasteiger partial charge >= 0.3 is 0 Å². The molecule has 27 heavy (non-hydrogen) atoms. The Morgan fingerprint density at radius 1 is 0.889 bits per heavy atom. The average Bonchev–Trinajstić information content (AvgIpc) is 2.68. The summed E-state index contributed by atoms with van der Waals surface area (Å²) in [7, 11) is -3.50. The molecule has 0 unspecified atom stereocenters. The number of hydrogen-bond donors (Lipinski definition) is 2. The Morgan fingerprint density at radius 3 is 2.41 bits per heavy atom. The van der Waals surface area contributed by atoms with Gasteiger partial charge in [0, 0.05) is 24.1 Å². The van der Waals surface area contributed by atoms with Crippen LogP contribution in [0.15, 0.2) is 82.2 Å². The quantitative estimate of drug-likeness (QED) is 0.512. The molecule has 0 atom stereocenters. The van der Waals surface area contributed by atoms with Crippen LogP contribution in [0.25, 0.3) is 16.8 Å². The van der Waals surface area contributed by atoms with Crippen LogP contribution >= 0.6 is 15.9 Å². The minimum absolute atomic E-state index is 0.288. The lowest BCUT2D eigenvalue weighted by Crippen LogP contribution is -2.31. The zero-order valence-corrected chi connectivity index (χ0v) is 17.1. The van der Waals surface area contributed by atoms with E-state index in [4.69, 9.17) is 0 Å². The summed E-state index contributed by atoms with van der Waals surface area (Å²) < 4.78 is 28.5. The van der Waals surface area contributed by atoms with Crippen molar-refractivity contribution in [3.05, 3.63) is 82.8 Å². The van der Waals surface area contributed by atoms with Crippen LogP contribution in [0.2, 0.25) is 0 Å². The Kier molecular flexibility index (Phi) is 6.79. The van der Waals surface area contributed by atoms with Crippen LogP contribution in [0, 0.1) is 0 Å². The summed E-state index contributed by atoms with van der Waals surface area (Å²) in [4.78, 5) is 0.288. The lowest BCUT2D eigenvalue weighted by atomic mass is 10.1. The van der Waals surface area contributed by atoms with Gasteiger partial charge in [0.25, 0.3) is 0 Å². The van der Waals surface area contributed by atoms with Crippen LogP contribution < -0.4 is 10.0 Å². The minimum atomic E-state index is -3.50. The number of halogens is 1. The van der Waals surface area contributed by atoms with Gasteiger partial charge in [0.15, 0.2) is 0 Å². The molecule has 3 aromatic rings. The van der Waals surface area contributed by atoms with Crippen molar-refractivity contribution in [1.29, 1.82) is 0 Å². The number of hydrogen-bond acceptors (Lipinski definition) is 3. The maximum atomic E-state index is 12.4. The smallest absolute Gasteiger partial charge is 0.240 e. The SMILES string of the molecule is O=S(=O)(NCCNCC=Cc1ccc(Br)cc1)c1ccc2ccccc2c1. The Morgan fingerprint density at radius 2 is 1.63 bits per heavy atom. The molecule has 0 aliphatic rings. The molecule has 3 aromatic carbocycles. The van der Waals surface area contributed by atoms with Gasteiger partial charge in [-0.15, -0.1) is 0 Å². The summed E-state index contributed by atoms with van der Waals surface area (Å²) >= 11 is 3.41. The summed E-state index contributed by atoms with van der Waals surface area (Å²) in [6, 6.07) is 20.9. The third-order valence-electron chi connectivity index (χ3n) is 4.07. The second-order valence-corrected chi connectivity index (χ2v) is 8.75. The van der Waals surface area contributed by atoms with Crippen LogP contribution in [0.1, 0.15) is 5.56 Å². The average molecular weight is 445 g/mol. The minimum Gasteiger partial charge on any atom is -0.312 e. The standard InChI is InChI=1S/C21H21BrN2O2S/c22-20-10-7-17(8-11-20)4-3-13-23-14-15-24-27(25,26)21-12-9-18-5-1-2-6-19(18)16-21/h1-12,16,23-24H,13-15H2. The van der Waals surface area contributed by atoms with E-state index in [0.29, 0.717) is 19.6 Å². The highest BCUT2D eigenvalue weighted by Gasteiger charge is 2.13. The van der Waals surface area contributed by atoms with E-state index in [0.717, 1.165) is 20.8 Å². The molecule has 0 saturated heterocycles. The zero-order valence-electron chi connectivity index (χ0n) is 14.7. The normalized spacial score (nSPS) is 12.0. The van der Waals surface area contributed by atoms with Crippen LogP contribution in [0.4, 0.5) is 0 Å². The molecule has 0 aromatic heterocycles. The van der Waals surface area contributed by atoms with E-state index in [1.54, 1.807) is 12.1 Å². The van der Waals surface area contributed by atoms with E-state index >= 15 is 0 Å². The summed E-state index contributed by atoms with van der Waals surface area (Å²) in [5, 5.41) is 5.13. The van der Waals surface area contributed by atoms with E-state index in [1.807, 2.05) is 66.7 Å². The zero-order chi connectivity index (χ0) is 19.1. The predicted molar refractivity (Wildman–Crippen MR) is 115 cm³/mol. The predicted octanol–water partition coefficient (Wildman–Crippen LogP) is 4.18. The Bertz CT molecular complexity index is 1030. The molecule has 6 heteroatoms. The lowest BCUT2D eigenvalue weighted by Gasteiger charge is -2.08. The molecule has 0 aliphatic carbocycles. The van der Waals surface area contributed by atoms with Crippen molar-refractivity contribution < 1.29 is 8.42 Å². The molecule has 4 nitrogen and oxygen atoms in total. The number of fused-ring (bicyclic) bond motifs is 1. The molecular formula is C21H21BrN2O2S. The van der Waals surface area contributed by atoms with Crippen molar-refractivity contribution in [3.8, 4) is 0 Å². The number of nitrogens with one attached hydrogen (secondary N) is 2. The van der Waals surface area contributed by atoms with Gasteiger partial charge in [-0.05, 0) is 40.6 Å². The van der Waals surface area contributed by atoms with Crippen molar-refractivity contribution in [2.45, 2.75) is 4.90 Å². The molecule has 0 fully saturated rings. The van der Waals surface area contributed by atoms with E-state index in [-0.39, 0.29) is 4.90 Å². The third kappa shape index (κ3) is 5.74. The van der Waals surface area contributed by atoms with Gasteiger partial charge in [0.1, 0.15) is 0 Å². The van der Waals surface area contributed by atoms with Crippen LogP contribution in [-0.2, 0) is 10.0 Å². The maximum Gasteiger partial charge on any atom is 0.240 e. The van der Waals surface area contributed by atoms with Crippen molar-refractivity contribution in [2.75, 3.05) is 19.6 Å². The molecule has 0 aliphatic heterocycles. The van der Waals surface area contributed by atoms with Crippen molar-refractivity contribution >= 4 is 42.8 Å². The first-order valence-electron chi connectivity index (χ1n) is 8.66. The van der Waals surface area contributed by atoms with E-state index < -0.39 is 10.0 Å². The topological polar surface area (TPSA) is 58.2 Å². The molecule has 2 N–H and O–H groups in total. The largest absolute Gasteiger partial charge is 0.312 e. The second kappa shape index (κ2) is 9.28. The van der Waals surface area contributed by atoms with Crippen LogP contribution in [0.3, 0.4) is 0 Å². The first-order valence-corrected chi connectivity index (χ1v) is 10.9. The highest BCUT2D eigenvalue weighted by molar-refractivity contribution is 9.10. The summed E-state index contributed by atoms with van der Waals surface area (Å²) in [6.45, 7) is 1.56. The van der Waals surface area contributed by atoms with Gasteiger partial charge in [0.05, 0.1) is 4.90 Å². The highest BCUT2D eigenvalue weighted by Crippen LogP contribution is 2.18. The number of sulfonamides is 1. The van der Waals surface area contributed by atoms with Gasteiger partial charge in [-0.1, -0.05) is 70.5 Å². The molecular weight excluding hydrogens is 424 g/mol. The third-order valence-corrected chi connectivity index (χ3v) is 6.05. The van der Waals surface area contributed by atoms with Gasteiger partial charge in [-0.3, -0.25) is 0 Å².